The summed E-state index contributed by atoms with van der Waals surface area (Å²) in [5.41, 5.74) is 6.06. The molecule has 0 amide bonds. The van der Waals surface area contributed by atoms with Crippen molar-refractivity contribution in [2.45, 2.75) is 13.3 Å². The number of anilines is 1. The van der Waals surface area contributed by atoms with Gasteiger partial charge in [-0.2, -0.15) is 0 Å². The lowest BCUT2D eigenvalue weighted by atomic mass is 10.2. The number of halogens is 1. The van der Waals surface area contributed by atoms with E-state index in [2.05, 4.69) is 9.46 Å². The minimum absolute atomic E-state index is 0.0368. The second kappa shape index (κ2) is 7.58. The molecule has 6 nitrogen and oxygen atoms in total. The fourth-order valence-electron chi connectivity index (χ4n) is 1.49. The Balaban J connectivity index is 2.86. The molecule has 0 atom stereocenters. The molecule has 9 heteroatoms. The summed E-state index contributed by atoms with van der Waals surface area (Å²) in [6.45, 7) is 1.84. The average molecular weight is 351 g/mol. The molecule has 0 saturated heterocycles. The second-order valence-corrected chi connectivity index (χ2v) is 6.75. The number of rotatable bonds is 7. The van der Waals surface area contributed by atoms with Gasteiger partial charge in [0.1, 0.15) is 4.99 Å². The van der Waals surface area contributed by atoms with Gasteiger partial charge in [0.15, 0.2) is 0 Å². The average Bonchev–Trinajstić information content (AvgIpc) is 2.36. The van der Waals surface area contributed by atoms with Crippen LogP contribution in [-0.2, 0) is 19.6 Å². The monoisotopic (exact) mass is 350 g/mol. The van der Waals surface area contributed by atoms with Crippen LogP contribution in [0, 0.1) is 0 Å². The fraction of sp³-hybridized carbons (Fsp3) is 0.333. The smallest absolute Gasteiger partial charge is 0.306 e. The number of esters is 1. The van der Waals surface area contributed by atoms with Gasteiger partial charge in [0.25, 0.3) is 0 Å². The number of carbonyl (C=O) groups excluding carboxylic acids is 1. The summed E-state index contributed by atoms with van der Waals surface area (Å²) in [5, 5.41) is 0.332. The van der Waals surface area contributed by atoms with Gasteiger partial charge in [-0.25, -0.2) is 8.42 Å². The molecule has 0 heterocycles. The molecule has 21 heavy (non-hydrogen) atoms. The van der Waals surface area contributed by atoms with Gasteiger partial charge in [-0.05, 0) is 25.1 Å². The third kappa shape index (κ3) is 5.86. The highest BCUT2D eigenvalue weighted by Gasteiger charge is 2.17. The maximum Gasteiger partial charge on any atom is 0.306 e. The molecule has 0 aliphatic rings. The minimum Gasteiger partial charge on any atom is -0.466 e. The zero-order valence-electron chi connectivity index (χ0n) is 11.3. The van der Waals surface area contributed by atoms with Crippen molar-refractivity contribution >= 4 is 50.5 Å². The van der Waals surface area contributed by atoms with Crippen molar-refractivity contribution in [3.63, 3.8) is 0 Å². The predicted molar refractivity (Wildman–Crippen MR) is 86.0 cm³/mol. The van der Waals surface area contributed by atoms with Crippen LogP contribution in [0.1, 0.15) is 18.9 Å². The molecule has 1 aromatic carbocycles. The van der Waals surface area contributed by atoms with Crippen LogP contribution in [0.4, 0.5) is 5.69 Å². The normalized spacial score (nSPS) is 11.0. The molecule has 0 unspecified atom stereocenters. The first-order valence-corrected chi connectivity index (χ1v) is 8.44. The van der Waals surface area contributed by atoms with Gasteiger partial charge in [0.2, 0.25) is 10.0 Å². The van der Waals surface area contributed by atoms with Crippen molar-refractivity contribution in [1.29, 1.82) is 0 Å². The van der Waals surface area contributed by atoms with E-state index in [1.54, 1.807) is 13.0 Å². The number of thiocarbonyl (C=S) groups is 1. The summed E-state index contributed by atoms with van der Waals surface area (Å²) in [6.07, 6.45) is -0.244. The summed E-state index contributed by atoms with van der Waals surface area (Å²) in [6, 6.07) is 4.47. The topological polar surface area (TPSA) is 98.5 Å². The van der Waals surface area contributed by atoms with Gasteiger partial charge < -0.3 is 10.5 Å². The molecular weight excluding hydrogens is 336 g/mol. The molecule has 0 aliphatic heterocycles. The molecular formula is C12H15ClN2O4S2. The summed E-state index contributed by atoms with van der Waals surface area (Å²) in [7, 11) is -3.75. The van der Waals surface area contributed by atoms with Crippen LogP contribution in [0.5, 0.6) is 0 Å². The standard InChI is InChI=1S/C12H15ClN2O4S2/c1-2-19-11(16)5-6-21(17,18)15-10-7-8(13)3-4-9(10)12(14)20/h3-4,7,15H,2,5-6H2,1H3,(H2,14,20). The molecule has 1 rings (SSSR count). The van der Waals surface area contributed by atoms with E-state index in [9.17, 15) is 13.2 Å². The Morgan fingerprint density at radius 3 is 2.71 bits per heavy atom. The third-order valence-electron chi connectivity index (χ3n) is 2.39. The number of nitrogens with one attached hydrogen (secondary N) is 1. The van der Waals surface area contributed by atoms with E-state index in [1.807, 2.05) is 0 Å². The number of ether oxygens (including phenoxy) is 1. The van der Waals surface area contributed by atoms with E-state index in [4.69, 9.17) is 29.6 Å². The number of sulfonamides is 1. The van der Waals surface area contributed by atoms with Gasteiger partial charge in [-0.1, -0.05) is 23.8 Å². The minimum atomic E-state index is -3.75. The van der Waals surface area contributed by atoms with Gasteiger partial charge in [-0.15, -0.1) is 0 Å². The van der Waals surface area contributed by atoms with Crippen molar-refractivity contribution in [2.75, 3.05) is 17.1 Å². The van der Waals surface area contributed by atoms with Crippen molar-refractivity contribution in [3.05, 3.63) is 28.8 Å². The van der Waals surface area contributed by atoms with Gasteiger partial charge in [-0.3, -0.25) is 9.52 Å². The number of nitrogens with two attached hydrogens (primary N) is 1. The molecule has 3 N–H and O–H groups in total. The van der Waals surface area contributed by atoms with E-state index in [0.29, 0.717) is 10.6 Å². The molecule has 0 radical (unpaired) electrons. The van der Waals surface area contributed by atoms with Crippen LogP contribution in [0.25, 0.3) is 0 Å². The van der Waals surface area contributed by atoms with E-state index in [1.165, 1.54) is 12.1 Å². The lowest BCUT2D eigenvalue weighted by molar-refractivity contribution is -0.142. The number of hydrogen-bond acceptors (Lipinski definition) is 5. The van der Waals surface area contributed by atoms with Crippen molar-refractivity contribution < 1.29 is 17.9 Å². The maximum atomic E-state index is 11.9. The van der Waals surface area contributed by atoms with Crippen LogP contribution >= 0.6 is 23.8 Å². The number of carbonyl (C=O) groups is 1. The highest BCUT2D eigenvalue weighted by molar-refractivity contribution is 7.92. The molecule has 0 spiro atoms. The Hall–Kier alpha value is -1.38. The van der Waals surface area contributed by atoms with Crippen LogP contribution in [-0.4, -0.2) is 31.7 Å². The van der Waals surface area contributed by atoms with Gasteiger partial charge in [0, 0.05) is 10.6 Å². The summed E-state index contributed by atoms with van der Waals surface area (Å²) >= 11 is 10.7. The summed E-state index contributed by atoms with van der Waals surface area (Å²) in [5.74, 6) is -0.988. The zero-order valence-corrected chi connectivity index (χ0v) is 13.6. The van der Waals surface area contributed by atoms with Gasteiger partial charge in [0.05, 0.1) is 24.5 Å². The molecule has 116 valence electrons. The molecule has 0 aliphatic carbocycles. The molecule has 1 aromatic rings. The van der Waals surface area contributed by atoms with Crippen molar-refractivity contribution in [1.82, 2.24) is 0 Å². The van der Waals surface area contributed by atoms with Crippen LogP contribution in [0.3, 0.4) is 0 Å². The van der Waals surface area contributed by atoms with E-state index < -0.39 is 21.7 Å². The van der Waals surface area contributed by atoms with Crippen molar-refractivity contribution in [3.8, 4) is 0 Å². The zero-order chi connectivity index (χ0) is 16.0. The highest BCUT2D eigenvalue weighted by atomic mass is 35.5. The lowest BCUT2D eigenvalue weighted by Crippen LogP contribution is -2.22. The molecule has 0 saturated carbocycles. The maximum absolute atomic E-state index is 11.9. The van der Waals surface area contributed by atoms with Crippen molar-refractivity contribution in [2.24, 2.45) is 5.73 Å². The van der Waals surface area contributed by atoms with Gasteiger partial charge >= 0.3 is 5.97 Å². The number of benzene rings is 1. The SMILES string of the molecule is CCOC(=O)CCS(=O)(=O)Nc1cc(Cl)ccc1C(N)=S. The number of hydrogen-bond donors (Lipinski definition) is 2. The molecule has 0 aromatic heterocycles. The predicted octanol–water partition coefficient (Wildman–Crippen LogP) is 1.67. The Morgan fingerprint density at radius 1 is 1.48 bits per heavy atom. The Bertz CT molecular complexity index is 647. The second-order valence-electron chi connectivity index (χ2n) is 4.03. The summed E-state index contributed by atoms with van der Waals surface area (Å²) < 4.78 is 30.9. The molecule has 0 bridgehead atoms. The summed E-state index contributed by atoms with van der Waals surface area (Å²) in [4.78, 5) is 11.2. The fourth-order valence-corrected chi connectivity index (χ4v) is 2.88. The van der Waals surface area contributed by atoms with Crippen LogP contribution < -0.4 is 10.5 Å². The Morgan fingerprint density at radius 2 is 2.14 bits per heavy atom. The molecule has 0 fully saturated rings. The highest BCUT2D eigenvalue weighted by Crippen LogP contribution is 2.22. The van der Waals surface area contributed by atoms with E-state index in [-0.39, 0.29) is 23.7 Å². The van der Waals surface area contributed by atoms with Crippen LogP contribution in [0.15, 0.2) is 18.2 Å². The van der Waals surface area contributed by atoms with Crippen LogP contribution in [0.2, 0.25) is 5.02 Å². The Kier molecular flexibility index (Phi) is 6.38. The largest absolute Gasteiger partial charge is 0.466 e. The first-order chi connectivity index (χ1) is 9.75. The third-order valence-corrected chi connectivity index (χ3v) is 4.12. The lowest BCUT2D eigenvalue weighted by Gasteiger charge is -2.12. The van der Waals surface area contributed by atoms with E-state index >= 15 is 0 Å². The quantitative estimate of drug-likeness (QED) is 0.573. The first-order valence-electron chi connectivity index (χ1n) is 6.00. The first kappa shape index (κ1) is 17.7. The Labute approximate surface area is 133 Å². The van der Waals surface area contributed by atoms with E-state index in [0.717, 1.165) is 0 Å².